The van der Waals surface area contributed by atoms with E-state index in [1.54, 1.807) is 6.92 Å². The molecule has 234 valence electrons. The Bertz CT molecular complexity index is 1160. The molecule has 11 nitrogen and oxygen atoms in total. The lowest BCUT2D eigenvalue weighted by molar-refractivity contribution is -0.356. The van der Waals surface area contributed by atoms with Gasteiger partial charge in [-0.05, 0) is 76.2 Å². The number of esters is 2. The van der Waals surface area contributed by atoms with Crippen molar-refractivity contribution in [3.05, 3.63) is 11.8 Å². The fourth-order valence-corrected chi connectivity index (χ4v) is 10.1. The van der Waals surface area contributed by atoms with Crippen molar-refractivity contribution in [1.82, 2.24) is 0 Å². The van der Waals surface area contributed by atoms with E-state index in [1.807, 2.05) is 6.08 Å². The van der Waals surface area contributed by atoms with Crippen LogP contribution in [0, 0.1) is 28.6 Å². The second-order valence-corrected chi connectivity index (χ2v) is 13.9. The molecular formula is C31H44O11. The van der Waals surface area contributed by atoms with Crippen molar-refractivity contribution in [2.45, 2.75) is 133 Å². The van der Waals surface area contributed by atoms with E-state index in [2.05, 4.69) is 6.92 Å². The smallest absolute Gasteiger partial charge is 0.314 e. The van der Waals surface area contributed by atoms with Crippen LogP contribution in [0.3, 0.4) is 0 Å². The second-order valence-electron chi connectivity index (χ2n) is 13.9. The van der Waals surface area contributed by atoms with Crippen molar-refractivity contribution in [2.24, 2.45) is 28.6 Å². The molecule has 13 atom stereocenters. The number of hydrogen-bond acceptors (Lipinski definition) is 11. The summed E-state index contributed by atoms with van der Waals surface area (Å²) < 4.78 is 23.7. The molecule has 1 saturated heterocycles. The molecular weight excluding hydrogens is 548 g/mol. The first kappa shape index (κ1) is 30.1. The Kier molecular flexibility index (Phi) is 7.42. The fourth-order valence-electron chi connectivity index (χ4n) is 10.1. The fraction of sp³-hybridized carbons (Fsp3) is 0.839. The predicted octanol–water partition coefficient (Wildman–Crippen LogP) is 1.67. The molecule has 11 heteroatoms. The highest BCUT2D eigenvalue weighted by atomic mass is 16.7. The van der Waals surface area contributed by atoms with Crippen LogP contribution in [0.15, 0.2) is 11.8 Å². The summed E-state index contributed by atoms with van der Waals surface area (Å²) in [6.45, 7) is 4.99. The molecule has 0 aromatic heterocycles. The maximum absolute atomic E-state index is 13.5. The van der Waals surface area contributed by atoms with Gasteiger partial charge < -0.3 is 44.2 Å². The van der Waals surface area contributed by atoms with E-state index >= 15 is 0 Å². The number of cyclic esters (lactones) is 1. The van der Waals surface area contributed by atoms with Crippen LogP contribution in [0.4, 0.5) is 0 Å². The van der Waals surface area contributed by atoms with Crippen LogP contribution in [-0.2, 0) is 33.3 Å². The monoisotopic (exact) mass is 592 g/mol. The Morgan fingerprint density at radius 2 is 1.76 bits per heavy atom. The number of hydrogen-bond donors (Lipinski definition) is 4. The minimum Gasteiger partial charge on any atom is -0.462 e. The molecule has 4 aliphatic carbocycles. The molecule has 0 spiro atoms. The van der Waals surface area contributed by atoms with Gasteiger partial charge in [0.2, 0.25) is 0 Å². The zero-order valence-corrected chi connectivity index (χ0v) is 24.6. The largest absolute Gasteiger partial charge is 0.462 e. The molecule has 0 radical (unpaired) electrons. The van der Waals surface area contributed by atoms with Gasteiger partial charge in [-0.25, -0.2) is 0 Å². The van der Waals surface area contributed by atoms with Crippen molar-refractivity contribution >= 4 is 18.2 Å². The number of aldehydes is 1. The number of carbonyl (C=O) groups excluding carboxylic acids is 3. The second kappa shape index (κ2) is 10.3. The third kappa shape index (κ3) is 4.18. The van der Waals surface area contributed by atoms with Crippen LogP contribution in [0.2, 0.25) is 0 Å². The van der Waals surface area contributed by atoms with E-state index in [4.69, 9.17) is 18.9 Å². The van der Waals surface area contributed by atoms with E-state index in [-0.39, 0.29) is 36.6 Å². The first-order valence-corrected chi connectivity index (χ1v) is 15.4. The van der Waals surface area contributed by atoms with E-state index in [0.717, 1.165) is 6.29 Å². The Morgan fingerprint density at radius 1 is 1.02 bits per heavy atom. The van der Waals surface area contributed by atoms with Crippen LogP contribution < -0.4 is 0 Å². The Balaban J connectivity index is 1.36. The Labute approximate surface area is 245 Å². The van der Waals surface area contributed by atoms with Gasteiger partial charge in [0, 0.05) is 24.7 Å². The molecule has 4 N–H and O–H groups in total. The molecule has 0 aromatic rings. The Morgan fingerprint density at radius 3 is 2.43 bits per heavy atom. The summed E-state index contributed by atoms with van der Waals surface area (Å²) in [4.78, 5) is 37.3. The van der Waals surface area contributed by atoms with Gasteiger partial charge in [0.25, 0.3) is 0 Å². The number of aliphatic hydroxyl groups excluding tert-OH is 3. The van der Waals surface area contributed by atoms with Crippen LogP contribution in [-0.4, -0.2) is 86.7 Å². The summed E-state index contributed by atoms with van der Waals surface area (Å²) in [6, 6.07) is 0. The minimum absolute atomic E-state index is 0.0927. The van der Waals surface area contributed by atoms with E-state index < -0.39 is 64.8 Å². The van der Waals surface area contributed by atoms with Crippen molar-refractivity contribution in [1.29, 1.82) is 0 Å². The molecule has 6 aliphatic rings. The average Bonchev–Trinajstić information content (AvgIpc) is 3.49. The Hall–Kier alpha value is -1.89. The van der Waals surface area contributed by atoms with Crippen molar-refractivity contribution in [3.8, 4) is 0 Å². The highest BCUT2D eigenvalue weighted by molar-refractivity contribution is 5.75. The van der Waals surface area contributed by atoms with E-state index in [9.17, 15) is 34.8 Å². The predicted molar refractivity (Wildman–Crippen MR) is 144 cm³/mol. The highest BCUT2D eigenvalue weighted by Crippen LogP contribution is 2.71. The maximum Gasteiger partial charge on any atom is 0.314 e. The molecule has 0 amide bonds. The summed E-state index contributed by atoms with van der Waals surface area (Å²) in [5.41, 5.74) is -3.91. The van der Waals surface area contributed by atoms with Gasteiger partial charge in [0.05, 0.1) is 29.1 Å². The highest BCUT2D eigenvalue weighted by Gasteiger charge is 2.73. The van der Waals surface area contributed by atoms with Crippen molar-refractivity contribution in [2.75, 3.05) is 0 Å². The average molecular weight is 593 g/mol. The van der Waals surface area contributed by atoms with Gasteiger partial charge in [0.1, 0.15) is 36.5 Å². The summed E-state index contributed by atoms with van der Waals surface area (Å²) in [7, 11) is 0. The van der Waals surface area contributed by atoms with Gasteiger partial charge in [-0.15, -0.1) is 0 Å². The normalized spacial score (nSPS) is 51.9. The number of allylic oxidation sites excluding steroid dienone is 1. The number of aliphatic hydroxyl groups is 4. The molecule has 6 rings (SSSR count). The third-order valence-corrected chi connectivity index (χ3v) is 12.2. The van der Waals surface area contributed by atoms with E-state index in [1.165, 1.54) is 6.92 Å². The van der Waals surface area contributed by atoms with Crippen LogP contribution in [0.25, 0.3) is 0 Å². The number of rotatable bonds is 5. The van der Waals surface area contributed by atoms with Crippen LogP contribution in [0.5, 0.6) is 0 Å². The SMILES string of the molecule is CC(=O)O[C@H]1CC[C@]2(C=O)C3CC[C@]4(C)[C@@H](C5=CCC(=O)O5)CC[C@]4(O)C3CC[C@]2(O[C@@H]2O[C@@H](C)[C@H](O)[C@@H](O)[C@H]2O)C1. The summed E-state index contributed by atoms with van der Waals surface area (Å²) in [5, 5.41) is 44.2. The van der Waals surface area contributed by atoms with Crippen molar-refractivity contribution < 1.29 is 53.8 Å². The maximum atomic E-state index is 13.5. The molecule has 42 heavy (non-hydrogen) atoms. The molecule has 0 aromatic carbocycles. The van der Waals surface area contributed by atoms with Gasteiger partial charge in [-0.3, -0.25) is 9.59 Å². The topological polar surface area (TPSA) is 169 Å². The minimum atomic E-state index is -1.56. The molecule has 5 fully saturated rings. The quantitative estimate of drug-likeness (QED) is 0.208. The number of fused-ring (bicyclic) bond motifs is 5. The first-order valence-electron chi connectivity index (χ1n) is 15.4. The van der Waals surface area contributed by atoms with Gasteiger partial charge in [-0.2, -0.15) is 0 Å². The third-order valence-electron chi connectivity index (χ3n) is 12.2. The summed E-state index contributed by atoms with van der Waals surface area (Å²) in [5.74, 6) is -0.644. The zero-order chi connectivity index (χ0) is 30.2. The molecule has 2 aliphatic heterocycles. The van der Waals surface area contributed by atoms with Crippen LogP contribution in [0.1, 0.15) is 85.0 Å². The van der Waals surface area contributed by atoms with Gasteiger partial charge >= 0.3 is 11.9 Å². The zero-order valence-electron chi connectivity index (χ0n) is 24.6. The molecule has 4 saturated carbocycles. The van der Waals surface area contributed by atoms with E-state index in [0.29, 0.717) is 57.1 Å². The number of ether oxygens (including phenoxy) is 4. The molecule has 2 heterocycles. The summed E-state index contributed by atoms with van der Waals surface area (Å²) in [6.07, 6.45) is 0.323. The van der Waals surface area contributed by atoms with Gasteiger partial charge in [-0.1, -0.05) is 6.92 Å². The molecule has 0 bridgehead atoms. The lowest BCUT2D eigenvalue weighted by Gasteiger charge is -2.66. The number of carbonyl (C=O) groups is 3. The standard InChI is InChI=1S/C31H44O11/c1-16-24(35)25(36)26(37)27(39-16)42-30-12-8-20-19(29(30,15-32)11-6-18(14-30)40-17(2)33)7-10-28(3)21(9-13-31(20,28)38)22-4-5-23(34)41-22/h4,15-16,18-21,24-27,35-38H,5-14H2,1-3H3/t16-,18-,19?,20?,21+,24-,25+,26+,27-,28+,29-,30-,31-/m0/s1. The summed E-state index contributed by atoms with van der Waals surface area (Å²) >= 11 is 0. The van der Waals surface area contributed by atoms with Gasteiger partial charge in [0.15, 0.2) is 6.29 Å². The lowest BCUT2D eigenvalue weighted by Crippen LogP contribution is -2.71. The van der Waals surface area contributed by atoms with Crippen LogP contribution >= 0.6 is 0 Å². The molecule has 2 unspecified atom stereocenters. The lowest BCUT2D eigenvalue weighted by atomic mass is 9.41. The van der Waals surface area contributed by atoms with Crippen molar-refractivity contribution in [3.63, 3.8) is 0 Å². The first-order chi connectivity index (χ1) is 19.8.